The number of hydrogen-bond donors (Lipinski definition) is 2. The number of carbonyl (C=O) groups is 1. The quantitative estimate of drug-likeness (QED) is 0.876. The van der Waals surface area contributed by atoms with Crippen LogP contribution >= 0.6 is 0 Å². The predicted molar refractivity (Wildman–Crippen MR) is 81.7 cm³/mol. The molecular weight excluding hydrogens is 321 g/mol. The van der Waals surface area contributed by atoms with Crippen LogP contribution in [0.2, 0.25) is 0 Å². The minimum Gasteiger partial charge on any atom is -0.347 e. The van der Waals surface area contributed by atoms with Crippen LogP contribution in [0, 0.1) is 11.7 Å². The number of halogens is 1. The van der Waals surface area contributed by atoms with Gasteiger partial charge in [0.05, 0.1) is 17.4 Å². The fourth-order valence-corrected chi connectivity index (χ4v) is 4.40. The first kappa shape index (κ1) is 15.7. The van der Waals surface area contributed by atoms with Crippen molar-refractivity contribution in [2.24, 2.45) is 5.92 Å². The molecule has 8 heteroatoms. The van der Waals surface area contributed by atoms with Crippen LogP contribution in [-0.4, -0.2) is 35.8 Å². The lowest BCUT2D eigenvalue weighted by molar-refractivity contribution is -0.124. The minimum atomic E-state index is -3.13. The molecule has 0 radical (unpaired) electrons. The van der Waals surface area contributed by atoms with Crippen molar-refractivity contribution >= 4 is 15.7 Å². The van der Waals surface area contributed by atoms with Crippen LogP contribution in [0.1, 0.15) is 23.9 Å². The molecular formula is C15H16FN3O3S. The van der Waals surface area contributed by atoms with Gasteiger partial charge in [0.1, 0.15) is 17.7 Å². The first-order valence-electron chi connectivity index (χ1n) is 7.20. The highest BCUT2D eigenvalue weighted by Gasteiger charge is 2.34. The van der Waals surface area contributed by atoms with Crippen LogP contribution in [0.25, 0.3) is 0 Å². The van der Waals surface area contributed by atoms with Crippen molar-refractivity contribution < 1.29 is 17.6 Å². The third-order valence-corrected chi connectivity index (χ3v) is 5.65. The van der Waals surface area contributed by atoms with Gasteiger partial charge < -0.3 is 10.3 Å². The molecule has 2 unspecified atom stereocenters. The number of nitrogens with zero attached hydrogens (tertiary/aromatic N) is 1. The Labute approximate surface area is 133 Å². The first-order chi connectivity index (χ1) is 10.9. The third-order valence-electron chi connectivity index (χ3n) is 3.89. The van der Waals surface area contributed by atoms with Crippen LogP contribution in [0.5, 0.6) is 0 Å². The van der Waals surface area contributed by atoms with Gasteiger partial charge in [-0.2, -0.15) is 0 Å². The van der Waals surface area contributed by atoms with Gasteiger partial charge >= 0.3 is 0 Å². The van der Waals surface area contributed by atoms with E-state index in [4.69, 9.17) is 0 Å². The summed E-state index contributed by atoms with van der Waals surface area (Å²) < 4.78 is 36.2. The highest BCUT2D eigenvalue weighted by atomic mass is 32.2. The first-order valence-corrected chi connectivity index (χ1v) is 9.02. The van der Waals surface area contributed by atoms with E-state index < -0.39 is 21.8 Å². The SMILES string of the molecule is O=C(NC(c1ccc(F)cc1)c1ncc[nH]1)C1CCS(=O)(=O)C1. The zero-order valence-electron chi connectivity index (χ0n) is 12.2. The van der Waals surface area contributed by atoms with Crippen LogP contribution in [0.15, 0.2) is 36.7 Å². The number of hydrogen-bond acceptors (Lipinski definition) is 4. The number of H-pyrrole nitrogens is 1. The summed E-state index contributed by atoms with van der Waals surface area (Å²) in [5.41, 5.74) is 0.663. The number of carbonyl (C=O) groups excluding carboxylic acids is 1. The Kier molecular flexibility index (Phi) is 4.16. The zero-order valence-corrected chi connectivity index (χ0v) is 13.0. The number of imidazole rings is 1. The summed E-state index contributed by atoms with van der Waals surface area (Å²) in [6, 6.07) is 5.15. The van der Waals surface area contributed by atoms with Gasteiger partial charge in [-0.15, -0.1) is 0 Å². The van der Waals surface area contributed by atoms with Gasteiger partial charge in [-0.05, 0) is 24.1 Å². The Morgan fingerprint density at radius 3 is 2.65 bits per heavy atom. The molecule has 0 spiro atoms. The van der Waals surface area contributed by atoms with Crippen molar-refractivity contribution in [2.75, 3.05) is 11.5 Å². The molecule has 1 aromatic carbocycles. The van der Waals surface area contributed by atoms with E-state index in [0.29, 0.717) is 17.8 Å². The second-order valence-electron chi connectivity index (χ2n) is 5.57. The fraction of sp³-hybridized carbons (Fsp3) is 0.333. The maximum atomic E-state index is 13.1. The molecule has 2 heterocycles. The van der Waals surface area contributed by atoms with E-state index >= 15 is 0 Å². The molecule has 1 fully saturated rings. The Bertz CT molecular complexity index is 788. The van der Waals surface area contributed by atoms with Crippen molar-refractivity contribution in [3.63, 3.8) is 0 Å². The molecule has 1 saturated heterocycles. The number of aromatic nitrogens is 2. The molecule has 2 atom stereocenters. The lowest BCUT2D eigenvalue weighted by Gasteiger charge is -2.19. The van der Waals surface area contributed by atoms with E-state index in [1.54, 1.807) is 24.5 Å². The monoisotopic (exact) mass is 337 g/mol. The van der Waals surface area contributed by atoms with Crippen LogP contribution in [-0.2, 0) is 14.6 Å². The largest absolute Gasteiger partial charge is 0.347 e. The van der Waals surface area contributed by atoms with E-state index in [2.05, 4.69) is 15.3 Å². The number of nitrogens with one attached hydrogen (secondary N) is 2. The Hall–Kier alpha value is -2.22. The smallest absolute Gasteiger partial charge is 0.225 e. The summed E-state index contributed by atoms with van der Waals surface area (Å²) in [7, 11) is -3.13. The van der Waals surface area contributed by atoms with Gasteiger partial charge in [-0.25, -0.2) is 17.8 Å². The molecule has 0 saturated carbocycles. The lowest BCUT2D eigenvalue weighted by atomic mass is 10.0. The molecule has 0 aliphatic carbocycles. The molecule has 2 N–H and O–H groups in total. The fourth-order valence-electron chi connectivity index (χ4n) is 2.66. The molecule has 3 rings (SSSR count). The average Bonchev–Trinajstić information content (AvgIpc) is 3.15. The Balaban J connectivity index is 1.82. The van der Waals surface area contributed by atoms with E-state index in [-0.39, 0.29) is 23.2 Å². The highest BCUT2D eigenvalue weighted by molar-refractivity contribution is 7.91. The molecule has 1 aromatic heterocycles. The molecule has 23 heavy (non-hydrogen) atoms. The topological polar surface area (TPSA) is 91.9 Å². The van der Waals surface area contributed by atoms with Gasteiger partial charge in [0.15, 0.2) is 9.84 Å². The summed E-state index contributed by atoms with van der Waals surface area (Å²) in [5.74, 6) is -0.860. The van der Waals surface area contributed by atoms with Gasteiger partial charge in [0, 0.05) is 12.4 Å². The molecule has 1 aliphatic rings. The number of sulfone groups is 1. The molecule has 1 aliphatic heterocycles. The number of aromatic amines is 1. The van der Waals surface area contributed by atoms with E-state index in [9.17, 15) is 17.6 Å². The summed E-state index contributed by atoms with van der Waals surface area (Å²) in [6.07, 6.45) is 3.50. The second kappa shape index (κ2) is 6.11. The van der Waals surface area contributed by atoms with Crippen molar-refractivity contribution in [2.45, 2.75) is 12.5 Å². The lowest BCUT2D eigenvalue weighted by Crippen LogP contribution is -2.35. The Morgan fingerprint density at radius 1 is 1.35 bits per heavy atom. The number of rotatable bonds is 4. The third kappa shape index (κ3) is 3.58. The van der Waals surface area contributed by atoms with Crippen LogP contribution in [0.4, 0.5) is 4.39 Å². The second-order valence-corrected chi connectivity index (χ2v) is 7.80. The maximum Gasteiger partial charge on any atom is 0.225 e. The summed E-state index contributed by atoms with van der Waals surface area (Å²) >= 11 is 0. The normalized spacial score (nSPS) is 21.0. The van der Waals surface area contributed by atoms with Crippen molar-refractivity contribution in [3.05, 3.63) is 53.9 Å². The standard InChI is InChI=1S/C15H16FN3O3S/c16-12-3-1-10(2-4-12)13(14-17-6-7-18-14)19-15(20)11-5-8-23(21,22)9-11/h1-4,6-7,11,13H,5,8-9H2,(H,17,18)(H,19,20). The number of amides is 1. The van der Waals surface area contributed by atoms with E-state index in [1.807, 2.05) is 0 Å². The van der Waals surface area contributed by atoms with E-state index in [0.717, 1.165) is 0 Å². The van der Waals surface area contributed by atoms with Gasteiger partial charge in [-0.3, -0.25) is 4.79 Å². The molecule has 2 aromatic rings. The van der Waals surface area contributed by atoms with Crippen molar-refractivity contribution in [1.82, 2.24) is 15.3 Å². The van der Waals surface area contributed by atoms with Gasteiger partial charge in [-0.1, -0.05) is 12.1 Å². The molecule has 122 valence electrons. The molecule has 1 amide bonds. The molecule has 0 bridgehead atoms. The maximum absolute atomic E-state index is 13.1. The average molecular weight is 337 g/mol. The van der Waals surface area contributed by atoms with Gasteiger partial charge in [0.2, 0.25) is 5.91 Å². The van der Waals surface area contributed by atoms with Crippen LogP contribution in [0.3, 0.4) is 0 Å². The van der Waals surface area contributed by atoms with Crippen molar-refractivity contribution in [1.29, 1.82) is 0 Å². The summed E-state index contributed by atoms with van der Waals surface area (Å²) in [6.45, 7) is 0. The molecule has 6 nitrogen and oxygen atoms in total. The summed E-state index contributed by atoms with van der Waals surface area (Å²) in [5, 5.41) is 2.82. The zero-order chi connectivity index (χ0) is 16.4. The predicted octanol–water partition coefficient (Wildman–Crippen LogP) is 1.19. The summed E-state index contributed by atoms with van der Waals surface area (Å²) in [4.78, 5) is 19.5. The highest BCUT2D eigenvalue weighted by Crippen LogP contribution is 2.23. The number of benzene rings is 1. The van der Waals surface area contributed by atoms with Crippen molar-refractivity contribution in [3.8, 4) is 0 Å². The van der Waals surface area contributed by atoms with Crippen LogP contribution < -0.4 is 5.32 Å². The van der Waals surface area contributed by atoms with Gasteiger partial charge in [0.25, 0.3) is 0 Å². The minimum absolute atomic E-state index is 0.0348. The van der Waals surface area contributed by atoms with E-state index in [1.165, 1.54) is 12.1 Å². The Morgan fingerprint density at radius 2 is 2.09 bits per heavy atom.